The van der Waals surface area contributed by atoms with Crippen molar-refractivity contribution in [3.05, 3.63) is 24.3 Å². The molecule has 0 saturated carbocycles. The van der Waals surface area contributed by atoms with Gasteiger partial charge in [0.25, 0.3) is 0 Å². The van der Waals surface area contributed by atoms with E-state index in [-0.39, 0.29) is 18.9 Å². The van der Waals surface area contributed by atoms with Crippen molar-refractivity contribution in [2.45, 2.75) is 24.7 Å². The van der Waals surface area contributed by atoms with E-state index in [4.69, 9.17) is 0 Å². The third-order valence-electron chi connectivity index (χ3n) is 3.37. The number of hydrogen-bond donors (Lipinski definition) is 3. The number of halogens is 3. The maximum atomic E-state index is 12.1. The third kappa shape index (κ3) is 5.00. The van der Waals surface area contributed by atoms with Gasteiger partial charge in [0.05, 0.1) is 18.8 Å². The molecule has 23 heavy (non-hydrogen) atoms. The highest BCUT2D eigenvalue weighted by molar-refractivity contribution is 5.89. The van der Waals surface area contributed by atoms with Gasteiger partial charge in [-0.15, -0.1) is 0 Å². The lowest BCUT2D eigenvalue weighted by Crippen LogP contribution is -2.40. The first-order valence-corrected chi connectivity index (χ1v) is 6.94. The number of anilines is 1. The van der Waals surface area contributed by atoms with Crippen LogP contribution in [0.3, 0.4) is 0 Å². The fourth-order valence-corrected chi connectivity index (χ4v) is 2.31. The molecule has 1 saturated heterocycles. The molecule has 0 unspecified atom stereocenters. The summed E-state index contributed by atoms with van der Waals surface area (Å²) in [7, 11) is 0. The third-order valence-corrected chi connectivity index (χ3v) is 3.37. The van der Waals surface area contributed by atoms with Crippen molar-refractivity contribution in [1.82, 2.24) is 4.90 Å². The summed E-state index contributed by atoms with van der Waals surface area (Å²) in [6, 6.07) is 4.48. The Morgan fingerprint density at radius 1 is 1.35 bits per heavy atom. The van der Waals surface area contributed by atoms with Crippen molar-refractivity contribution in [2.24, 2.45) is 0 Å². The molecule has 2 amide bonds. The average Bonchev–Trinajstić information content (AvgIpc) is 2.87. The van der Waals surface area contributed by atoms with Crippen LogP contribution in [0.2, 0.25) is 0 Å². The molecule has 1 fully saturated rings. The van der Waals surface area contributed by atoms with Gasteiger partial charge in [-0.3, -0.25) is 0 Å². The molecule has 6 nitrogen and oxygen atoms in total. The predicted octanol–water partition coefficient (Wildman–Crippen LogP) is 1.59. The first kappa shape index (κ1) is 17.4. The van der Waals surface area contributed by atoms with E-state index in [0.717, 1.165) is 0 Å². The van der Waals surface area contributed by atoms with E-state index < -0.39 is 31.0 Å². The standard InChI is InChI=1S/C14H17F3N2O4/c15-14(16,17)8-23-12-3-1-9(2-4-12)18-13(22)19-6-11(21)5-10(19)7-20/h1-4,10-11,20-21H,5-8H2,(H,18,22)/t10-,11-/m0/s1. The Hall–Kier alpha value is -2.00. The Bertz CT molecular complexity index is 536. The maximum absolute atomic E-state index is 12.1. The minimum absolute atomic E-state index is 0.0325. The van der Waals surface area contributed by atoms with Crippen molar-refractivity contribution in [3.63, 3.8) is 0 Å². The number of nitrogens with zero attached hydrogens (tertiary/aromatic N) is 1. The summed E-state index contributed by atoms with van der Waals surface area (Å²) in [6.45, 7) is -1.53. The predicted molar refractivity (Wildman–Crippen MR) is 75.2 cm³/mol. The lowest BCUT2D eigenvalue weighted by molar-refractivity contribution is -0.153. The molecule has 0 aromatic heterocycles. The van der Waals surface area contributed by atoms with Crippen molar-refractivity contribution >= 4 is 11.7 Å². The lowest BCUT2D eigenvalue weighted by atomic mass is 10.2. The fraction of sp³-hybridized carbons (Fsp3) is 0.500. The molecule has 0 aliphatic carbocycles. The molecule has 0 spiro atoms. The van der Waals surface area contributed by atoms with Crippen LogP contribution < -0.4 is 10.1 Å². The molecule has 128 valence electrons. The molecule has 2 rings (SSSR count). The fourth-order valence-electron chi connectivity index (χ4n) is 2.31. The van der Waals surface area contributed by atoms with E-state index in [0.29, 0.717) is 12.1 Å². The summed E-state index contributed by atoms with van der Waals surface area (Å²) in [5.41, 5.74) is 0.368. The number of nitrogens with one attached hydrogen (secondary N) is 1. The number of carbonyl (C=O) groups excluding carboxylic acids is 1. The highest BCUT2D eigenvalue weighted by atomic mass is 19.4. The number of likely N-dealkylation sites (tertiary alicyclic amines) is 1. The van der Waals surface area contributed by atoms with Crippen LogP contribution >= 0.6 is 0 Å². The number of ether oxygens (including phenoxy) is 1. The Morgan fingerprint density at radius 2 is 2.00 bits per heavy atom. The van der Waals surface area contributed by atoms with Gasteiger partial charge in [0.1, 0.15) is 5.75 Å². The molecule has 2 atom stereocenters. The molecule has 1 aromatic rings. The van der Waals surface area contributed by atoms with Crippen LogP contribution in [0.5, 0.6) is 5.75 Å². The highest BCUT2D eigenvalue weighted by Gasteiger charge is 2.33. The summed E-state index contributed by atoms with van der Waals surface area (Å²) in [5.74, 6) is 0.0325. The van der Waals surface area contributed by atoms with E-state index in [9.17, 15) is 28.2 Å². The molecule has 1 aliphatic rings. The lowest BCUT2D eigenvalue weighted by Gasteiger charge is -2.23. The number of carbonyl (C=O) groups is 1. The van der Waals surface area contributed by atoms with Crippen LogP contribution in [-0.2, 0) is 0 Å². The van der Waals surface area contributed by atoms with Crippen LogP contribution in [-0.4, -0.2) is 59.2 Å². The monoisotopic (exact) mass is 334 g/mol. The maximum Gasteiger partial charge on any atom is 0.422 e. The number of benzene rings is 1. The van der Waals surface area contributed by atoms with E-state index in [1.807, 2.05) is 0 Å². The second-order valence-corrected chi connectivity index (χ2v) is 5.24. The first-order chi connectivity index (χ1) is 10.8. The minimum Gasteiger partial charge on any atom is -0.484 e. The van der Waals surface area contributed by atoms with Gasteiger partial charge >= 0.3 is 12.2 Å². The molecule has 1 aromatic carbocycles. The summed E-state index contributed by atoms with van der Waals surface area (Å²) >= 11 is 0. The van der Waals surface area contributed by atoms with E-state index in [1.54, 1.807) is 0 Å². The Morgan fingerprint density at radius 3 is 2.57 bits per heavy atom. The van der Waals surface area contributed by atoms with Gasteiger partial charge in [0.15, 0.2) is 6.61 Å². The normalized spacial score (nSPS) is 21.3. The topological polar surface area (TPSA) is 82.0 Å². The summed E-state index contributed by atoms with van der Waals surface area (Å²) in [4.78, 5) is 13.4. The Labute approximate surface area is 130 Å². The van der Waals surface area contributed by atoms with Crippen LogP contribution in [0.25, 0.3) is 0 Å². The first-order valence-electron chi connectivity index (χ1n) is 6.94. The van der Waals surface area contributed by atoms with Crippen LogP contribution in [0.4, 0.5) is 23.7 Å². The molecular weight excluding hydrogens is 317 g/mol. The van der Waals surface area contributed by atoms with Crippen molar-refractivity contribution < 1.29 is 32.9 Å². The zero-order valence-corrected chi connectivity index (χ0v) is 12.1. The second-order valence-electron chi connectivity index (χ2n) is 5.24. The number of hydrogen-bond acceptors (Lipinski definition) is 4. The number of β-amino-alcohol motifs (C(OH)–C–C–N with tert-alkyl or cyclic N) is 1. The van der Waals surface area contributed by atoms with Gasteiger partial charge in [-0.1, -0.05) is 0 Å². The summed E-state index contributed by atoms with van der Waals surface area (Å²) < 4.78 is 40.7. The van der Waals surface area contributed by atoms with E-state index in [1.165, 1.54) is 29.2 Å². The number of aliphatic hydroxyl groups is 2. The summed E-state index contributed by atoms with van der Waals surface area (Å²) in [5, 5.41) is 21.3. The summed E-state index contributed by atoms with van der Waals surface area (Å²) in [6.07, 6.45) is -4.80. The van der Waals surface area contributed by atoms with E-state index >= 15 is 0 Å². The van der Waals surface area contributed by atoms with Crippen molar-refractivity contribution in [2.75, 3.05) is 25.1 Å². The van der Waals surface area contributed by atoms with Crippen molar-refractivity contribution in [3.8, 4) is 5.75 Å². The van der Waals surface area contributed by atoms with Crippen molar-refractivity contribution in [1.29, 1.82) is 0 Å². The molecule has 3 N–H and O–H groups in total. The number of aliphatic hydroxyl groups excluding tert-OH is 2. The van der Waals surface area contributed by atoms with Gasteiger partial charge < -0.3 is 25.2 Å². The second kappa shape index (κ2) is 7.05. The largest absolute Gasteiger partial charge is 0.484 e. The van der Waals surface area contributed by atoms with Gasteiger partial charge in [-0.2, -0.15) is 13.2 Å². The Balaban J connectivity index is 1.91. The van der Waals surface area contributed by atoms with Crippen LogP contribution in [0.15, 0.2) is 24.3 Å². The molecule has 0 bridgehead atoms. The minimum atomic E-state index is -4.41. The molecule has 1 aliphatic heterocycles. The molecule has 9 heteroatoms. The molecule has 0 radical (unpaired) electrons. The van der Waals surface area contributed by atoms with Gasteiger partial charge in [0.2, 0.25) is 0 Å². The van der Waals surface area contributed by atoms with Crippen LogP contribution in [0.1, 0.15) is 6.42 Å². The van der Waals surface area contributed by atoms with Gasteiger partial charge in [-0.25, -0.2) is 4.79 Å². The molecular formula is C14H17F3N2O4. The average molecular weight is 334 g/mol. The number of alkyl halides is 3. The zero-order valence-electron chi connectivity index (χ0n) is 12.1. The number of rotatable bonds is 4. The van der Waals surface area contributed by atoms with Crippen LogP contribution in [0, 0.1) is 0 Å². The van der Waals surface area contributed by atoms with E-state index in [2.05, 4.69) is 10.1 Å². The van der Waals surface area contributed by atoms with Gasteiger partial charge in [0, 0.05) is 12.2 Å². The Kier molecular flexibility index (Phi) is 5.32. The SMILES string of the molecule is O=C(Nc1ccc(OCC(F)(F)F)cc1)N1C[C@@H](O)C[C@H]1CO. The number of amides is 2. The smallest absolute Gasteiger partial charge is 0.422 e. The number of urea groups is 1. The van der Waals surface area contributed by atoms with Gasteiger partial charge in [-0.05, 0) is 30.7 Å². The molecule has 1 heterocycles. The quantitative estimate of drug-likeness (QED) is 0.781. The zero-order chi connectivity index (χ0) is 17.0. The highest BCUT2D eigenvalue weighted by Crippen LogP contribution is 2.22.